The molecule has 10 heteroatoms. The van der Waals surface area contributed by atoms with E-state index in [4.69, 9.17) is 14.2 Å². The molecule has 0 atom stereocenters. The van der Waals surface area contributed by atoms with Gasteiger partial charge in [0.1, 0.15) is 17.2 Å². The summed E-state index contributed by atoms with van der Waals surface area (Å²) in [6.07, 6.45) is 1.41. The third-order valence-electron chi connectivity index (χ3n) is 4.05. The van der Waals surface area contributed by atoms with E-state index in [1.165, 1.54) is 51.0 Å². The maximum absolute atomic E-state index is 12.4. The number of nitro groups is 1. The van der Waals surface area contributed by atoms with Gasteiger partial charge in [-0.2, -0.15) is 5.10 Å². The quantitative estimate of drug-likeness (QED) is 0.358. The summed E-state index contributed by atoms with van der Waals surface area (Å²) in [7, 11) is 4.53. The Balaban J connectivity index is 1.81. The van der Waals surface area contributed by atoms with Crippen molar-refractivity contribution < 1.29 is 23.9 Å². The van der Waals surface area contributed by atoms with Gasteiger partial charge in [0, 0.05) is 34.4 Å². The summed E-state index contributed by atoms with van der Waals surface area (Å²) in [5.41, 5.74) is 2.94. The monoisotopic (exact) mass is 415 g/mol. The van der Waals surface area contributed by atoms with Crippen molar-refractivity contribution in [1.82, 2.24) is 5.43 Å². The second-order valence-electron chi connectivity index (χ2n) is 5.73. The largest absolute Gasteiger partial charge is 0.496 e. The number of ether oxygens (including phenoxy) is 3. The van der Waals surface area contributed by atoms with Gasteiger partial charge in [-0.25, -0.2) is 5.43 Å². The van der Waals surface area contributed by atoms with Crippen LogP contribution in [0.4, 0.5) is 5.69 Å². The van der Waals surface area contributed by atoms with Crippen LogP contribution >= 0.6 is 11.3 Å². The predicted molar refractivity (Wildman–Crippen MR) is 110 cm³/mol. The zero-order valence-corrected chi connectivity index (χ0v) is 16.6. The van der Waals surface area contributed by atoms with Gasteiger partial charge in [0.15, 0.2) is 0 Å². The number of nitrogens with one attached hydrogen (secondary N) is 1. The van der Waals surface area contributed by atoms with Crippen LogP contribution in [-0.2, 0) is 0 Å². The molecular formula is C19H17N3O6S. The normalized spacial score (nSPS) is 10.9. The number of hydrazone groups is 1. The minimum Gasteiger partial charge on any atom is -0.496 e. The fraction of sp³-hybridized carbons (Fsp3) is 0.158. The number of carbonyl (C=O) groups excluding carboxylic acids is 1. The molecule has 0 saturated carbocycles. The highest BCUT2D eigenvalue weighted by molar-refractivity contribution is 7.20. The molecule has 1 N–H and O–H groups in total. The molecule has 0 fully saturated rings. The van der Waals surface area contributed by atoms with Gasteiger partial charge in [0.05, 0.1) is 42.9 Å². The Kier molecular flexibility index (Phi) is 5.93. The molecule has 3 rings (SSSR count). The molecule has 29 heavy (non-hydrogen) atoms. The molecule has 0 aliphatic carbocycles. The standard InChI is InChI=1S/C19H17N3O6S/c1-26-13-8-15(27-2)14(16(9-13)28-3)10-20-21-19(23)18-7-11-6-12(22(24)25)4-5-17(11)29-18/h4-10H,1-3H3,(H,21,23). The number of thiophene rings is 1. The number of benzene rings is 2. The van der Waals surface area contributed by atoms with Crippen molar-refractivity contribution >= 4 is 39.2 Å². The molecule has 0 bridgehead atoms. The molecule has 0 unspecified atom stereocenters. The average Bonchev–Trinajstić information content (AvgIpc) is 3.16. The number of fused-ring (bicyclic) bond motifs is 1. The Morgan fingerprint density at radius 1 is 1.10 bits per heavy atom. The molecule has 0 radical (unpaired) electrons. The number of carbonyl (C=O) groups is 1. The summed E-state index contributed by atoms with van der Waals surface area (Å²) in [6, 6.07) is 9.38. The van der Waals surface area contributed by atoms with Crippen molar-refractivity contribution in [3.63, 3.8) is 0 Å². The predicted octanol–water partition coefficient (Wildman–Crippen LogP) is 3.60. The number of hydrogen-bond acceptors (Lipinski definition) is 8. The summed E-state index contributed by atoms with van der Waals surface area (Å²) in [5.74, 6) is 1.05. The van der Waals surface area contributed by atoms with Gasteiger partial charge in [-0.1, -0.05) is 0 Å². The zero-order chi connectivity index (χ0) is 21.0. The Morgan fingerprint density at radius 2 is 1.79 bits per heavy atom. The molecular weight excluding hydrogens is 398 g/mol. The highest BCUT2D eigenvalue weighted by atomic mass is 32.1. The first-order chi connectivity index (χ1) is 14.0. The molecule has 1 heterocycles. The smallest absolute Gasteiger partial charge is 0.281 e. The van der Waals surface area contributed by atoms with Crippen molar-refractivity contribution in [2.75, 3.05) is 21.3 Å². The Labute approximate surface area is 169 Å². The Bertz CT molecular complexity index is 1080. The fourth-order valence-electron chi connectivity index (χ4n) is 2.63. The van der Waals surface area contributed by atoms with Crippen LogP contribution in [0.5, 0.6) is 17.2 Å². The number of nitro benzene ring substituents is 1. The van der Waals surface area contributed by atoms with Crippen LogP contribution in [0, 0.1) is 10.1 Å². The van der Waals surface area contributed by atoms with Crippen molar-refractivity contribution in [2.45, 2.75) is 0 Å². The molecule has 0 aliphatic rings. The average molecular weight is 415 g/mol. The summed E-state index contributed by atoms with van der Waals surface area (Å²) < 4.78 is 16.6. The highest BCUT2D eigenvalue weighted by Crippen LogP contribution is 2.33. The first kappa shape index (κ1) is 20.1. The third-order valence-corrected chi connectivity index (χ3v) is 5.16. The number of methoxy groups -OCH3 is 3. The van der Waals surface area contributed by atoms with Crippen molar-refractivity contribution in [1.29, 1.82) is 0 Å². The lowest BCUT2D eigenvalue weighted by Gasteiger charge is -2.12. The van der Waals surface area contributed by atoms with Crippen molar-refractivity contribution in [3.05, 3.63) is 57.0 Å². The number of nitrogens with zero attached hydrogens (tertiary/aromatic N) is 2. The minimum atomic E-state index is -0.475. The van der Waals surface area contributed by atoms with Crippen LogP contribution in [0.2, 0.25) is 0 Å². The van der Waals surface area contributed by atoms with Crippen molar-refractivity contribution in [3.8, 4) is 17.2 Å². The van der Waals surface area contributed by atoms with Crippen LogP contribution < -0.4 is 19.6 Å². The van der Waals surface area contributed by atoms with E-state index in [9.17, 15) is 14.9 Å². The topological polar surface area (TPSA) is 112 Å². The van der Waals surface area contributed by atoms with Gasteiger partial charge in [0.25, 0.3) is 11.6 Å². The van der Waals surface area contributed by atoms with E-state index in [1.807, 2.05) is 0 Å². The number of amides is 1. The van der Waals surface area contributed by atoms with E-state index in [2.05, 4.69) is 10.5 Å². The second kappa shape index (κ2) is 8.57. The molecule has 2 aromatic carbocycles. The second-order valence-corrected chi connectivity index (χ2v) is 6.82. The van der Waals surface area contributed by atoms with Crippen LogP contribution in [0.1, 0.15) is 15.2 Å². The third kappa shape index (κ3) is 4.27. The van der Waals surface area contributed by atoms with Gasteiger partial charge in [-0.3, -0.25) is 14.9 Å². The lowest BCUT2D eigenvalue weighted by atomic mass is 10.2. The number of rotatable bonds is 7. The number of non-ortho nitro benzene ring substituents is 1. The molecule has 0 saturated heterocycles. The van der Waals surface area contributed by atoms with E-state index < -0.39 is 10.8 Å². The van der Waals surface area contributed by atoms with Crippen molar-refractivity contribution in [2.24, 2.45) is 5.10 Å². The van der Waals surface area contributed by atoms with Crippen LogP contribution in [0.3, 0.4) is 0 Å². The van der Waals surface area contributed by atoms with Gasteiger partial charge >= 0.3 is 0 Å². The Morgan fingerprint density at radius 3 is 2.38 bits per heavy atom. The molecule has 3 aromatic rings. The molecule has 1 aromatic heterocycles. The summed E-state index contributed by atoms with van der Waals surface area (Å²) in [6.45, 7) is 0. The van der Waals surface area contributed by atoms with Gasteiger partial charge < -0.3 is 14.2 Å². The van der Waals surface area contributed by atoms with E-state index in [1.54, 1.807) is 24.3 Å². The molecule has 1 amide bonds. The molecule has 0 aliphatic heterocycles. The number of hydrogen-bond donors (Lipinski definition) is 1. The van der Waals surface area contributed by atoms with Gasteiger partial charge in [-0.15, -0.1) is 11.3 Å². The maximum atomic E-state index is 12.4. The lowest BCUT2D eigenvalue weighted by molar-refractivity contribution is -0.384. The zero-order valence-electron chi connectivity index (χ0n) is 15.8. The van der Waals surface area contributed by atoms with Crippen LogP contribution in [-0.4, -0.2) is 38.4 Å². The summed E-state index contributed by atoms with van der Waals surface area (Å²) in [4.78, 5) is 23.2. The molecule has 0 spiro atoms. The maximum Gasteiger partial charge on any atom is 0.281 e. The first-order valence-corrected chi connectivity index (χ1v) is 9.10. The van der Waals surface area contributed by atoms with Crippen LogP contribution in [0.15, 0.2) is 41.5 Å². The fourth-order valence-corrected chi connectivity index (χ4v) is 3.56. The van der Waals surface area contributed by atoms with Crippen LogP contribution in [0.25, 0.3) is 10.1 Å². The van der Waals surface area contributed by atoms with E-state index in [-0.39, 0.29) is 5.69 Å². The van der Waals surface area contributed by atoms with E-state index >= 15 is 0 Å². The van der Waals surface area contributed by atoms with Gasteiger partial charge in [-0.05, 0) is 12.1 Å². The Hall–Kier alpha value is -3.66. The summed E-state index contributed by atoms with van der Waals surface area (Å²) >= 11 is 1.22. The van der Waals surface area contributed by atoms with E-state index in [0.29, 0.717) is 33.1 Å². The molecule has 150 valence electrons. The summed E-state index contributed by atoms with van der Waals surface area (Å²) in [5, 5.41) is 15.5. The SMILES string of the molecule is COc1cc(OC)c(C=NNC(=O)c2cc3cc([N+](=O)[O-])ccc3s2)c(OC)c1. The van der Waals surface area contributed by atoms with E-state index in [0.717, 1.165) is 4.70 Å². The molecule has 9 nitrogen and oxygen atoms in total. The van der Waals surface area contributed by atoms with Gasteiger partial charge in [0.2, 0.25) is 0 Å². The first-order valence-electron chi connectivity index (χ1n) is 8.28. The lowest BCUT2D eigenvalue weighted by Crippen LogP contribution is -2.16. The minimum absolute atomic E-state index is 0.0287. The highest BCUT2D eigenvalue weighted by Gasteiger charge is 2.14.